The number of nitrogens with zero attached hydrogens (tertiary/aromatic N) is 4. The lowest BCUT2D eigenvalue weighted by molar-refractivity contribution is -0.129. The van der Waals surface area contributed by atoms with Crippen molar-refractivity contribution in [3.05, 3.63) is 41.4 Å². The monoisotopic (exact) mass is 389 g/mol. The van der Waals surface area contributed by atoms with Gasteiger partial charge in [-0.15, -0.1) is 10.2 Å². The molecule has 9 heteroatoms. The quantitative estimate of drug-likeness (QED) is 0.839. The zero-order chi connectivity index (χ0) is 19.2. The van der Waals surface area contributed by atoms with E-state index in [-0.39, 0.29) is 18.4 Å². The number of nitrogens with one attached hydrogen (secondary N) is 1. The molecule has 0 unspecified atom stereocenters. The van der Waals surface area contributed by atoms with E-state index in [1.807, 2.05) is 0 Å². The average Bonchev–Trinajstić information content (AvgIpc) is 2.68. The molecule has 0 saturated carbocycles. The number of benzene rings is 1. The summed E-state index contributed by atoms with van der Waals surface area (Å²) in [6.45, 7) is 4.17. The summed E-state index contributed by atoms with van der Waals surface area (Å²) in [5.74, 6) is 1.38. The third-order valence-electron chi connectivity index (χ3n) is 4.15. The molecule has 8 nitrogen and oxygen atoms in total. The number of hydrogen-bond acceptors (Lipinski definition) is 6. The van der Waals surface area contributed by atoms with Crippen molar-refractivity contribution >= 4 is 35.1 Å². The summed E-state index contributed by atoms with van der Waals surface area (Å²) in [6.07, 6.45) is 0. The van der Waals surface area contributed by atoms with Crippen LogP contribution in [-0.2, 0) is 9.59 Å². The van der Waals surface area contributed by atoms with Crippen LogP contribution in [0.5, 0.6) is 5.75 Å². The first kappa shape index (κ1) is 18.9. The topological polar surface area (TPSA) is 87.7 Å². The molecule has 1 aliphatic rings. The fourth-order valence-electron chi connectivity index (χ4n) is 2.67. The van der Waals surface area contributed by atoms with Crippen LogP contribution in [0.2, 0.25) is 5.02 Å². The molecule has 1 aliphatic heterocycles. The highest BCUT2D eigenvalue weighted by molar-refractivity contribution is 6.30. The van der Waals surface area contributed by atoms with Gasteiger partial charge in [0, 0.05) is 38.1 Å². The lowest BCUT2D eigenvalue weighted by Crippen LogP contribution is -2.48. The largest absolute Gasteiger partial charge is 0.484 e. The minimum atomic E-state index is -0.331. The fourth-order valence-corrected chi connectivity index (χ4v) is 2.80. The van der Waals surface area contributed by atoms with Crippen molar-refractivity contribution in [1.82, 2.24) is 15.1 Å². The molecule has 0 atom stereocenters. The minimum Gasteiger partial charge on any atom is -0.484 e. The summed E-state index contributed by atoms with van der Waals surface area (Å²) < 4.78 is 5.38. The van der Waals surface area contributed by atoms with Crippen LogP contribution in [0.1, 0.15) is 6.92 Å². The van der Waals surface area contributed by atoms with Gasteiger partial charge in [0.1, 0.15) is 5.75 Å². The van der Waals surface area contributed by atoms with Gasteiger partial charge >= 0.3 is 0 Å². The smallest absolute Gasteiger partial charge is 0.263 e. The van der Waals surface area contributed by atoms with Crippen molar-refractivity contribution < 1.29 is 14.3 Å². The fraction of sp³-hybridized carbons (Fsp3) is 0.333. The van der Waals surface area contributed by atoms with Gasteiger partial charge in [-0.25, -0.2) is 0 Å². The van der Waals surface area contributed by atoms with E-state index in [4.69, 9.17) is 16.3 Å². The predicted octanol–water partition coefficient (Wildman–Crippen LogP) is 1.82. The molecule has 3 rings (SSSR count). The maximum absolute atomic E-state index is 12.0. The first-order valence-corrected chi connectivity index (χ1v) is 8.91. The Morgan fingerprint density at radius 2 is 1.78 bits per heavy atom. The van der Waals surface area contributed by atoms with Crippen LogP contribution < -0.4 is 15.0 Å². The Hall–Kier alpha value is -2.87. The van der Waals surface area contributed by atoms with Crippen molar-refractivity contribution in [2.75, 3.05) is 43.0 Å². The maximum Gasteiger partial charge on any atom is 0.263 e. The highest BCUT2D eigenvalue weighted by atomic mass is 35.5. The van der Waals surface area contributed by atoms with Crippen molar-refractivity contribution in [3.63, 3.8) is 0 Å². The van der Waals surface area contributed by atoms with Gasteiger partial charge in [-0.05, 0) is 36.4 Å². The van der Waals surface area contributed by atoms with E-state index in [2.05, 4.69) is 20.4 Å². The minimum absolute atomic E-state index is 0.0830. The van der Waals surface area contributed by atoms with Crippen LogP contribution in [0.4, 0.5) is 11.6 Å². The third kappa shape index (κ3) is 5.30. The van der Waals surface area contributed by atoms with E-state index in [1.165, 1.54) is 0 Å². The number of halogens is 1. The van der Waals surface area contributed by atoms with Gasteiger partial charge in [-0.2, -0.15) is 0 Å². The van der Waals surface area contributed by atoms with Gasteiger partial charge < -0.3 is 19.9 Å². The molecule has 0 bridgehead atoms. The Labute approximate surface area is 162 Å². The molecule has 27 heavy (non-hydrogen) atoms. The molecule has 2 amide bonds. The van der Waals surface area contributed by atoms with Gasteiger partial charge in [0.25, 0.3) is 5.91 Å². The van der Waals surface area contributed by atoms with Crippen LogP contribution in [0.15, 0.2) is 36.4 Å². The third-order valence-corrected chi connectivity index (χ3v) is 4.40. The van der Waals surface area contributed by atoms with Crippen LogP contribution in [0.3, 0.4) is 0 Å². The first-order chi connectivity index (χ1) is 13.0. The summed E-state index contributed by atoms with van der Waals surface area (Å²) in [5.41, 5.74) is 0. The molecule has 1 aromatic carbocycles. The van der Waals surface area contributed by atoms with E-state index in [0.717, 1.165) is 0 Å². The molecule has 0 spiro atoms. The average molecular weight is 390 g/mol. The summed E-state index contributed by atoms with van der Waals surface area (Å²) in [7, 11) is 0. The summed E-state index contributed by atoms with van der Waals surface area (Å²) in [5, 5.41) is 11.4. The highest BCUT2D eigenvalue weighted by Gasteiger charge is 2.19. The van der Waals surface area contributed by atoms with E-state index < -0.39 is 0 Å². The lowest BCUT2D eigenvalue weighted by Gasteiger charge is -2.34. The first-order valence-electron chi connectivity index (χ1n) is 8.53. The highest BCUT2D eigenvalue weighted by Crippen LogP contribution is 2.16. The Balaban J connectivity index is 1.48. The van der Waals surface area contributed by atoms with Crippen LogP contribution >= 0.6 is 11.6 Å². The number of piperazine rings is 1. The van der Waals surface area contributed by atoms with Gasteiger partial charge in [0.2, 0.25) is 5.91 Å². The Morgan fingerprint density at radius 1 is 1.07 bits per heavy atom. The van der Waals surface area contributed by atoms with E-state index in [1.54, 1.807) is 48.2 Å². The Bertz CT molecular complexity index is 790. The summed E-state index contributed by atoms with van der Waals surface area (Å²) >= 11 is 5.80. The van der Waals surface area contributed by atoms with Crippen molar-refractivity contribution in [2.24, 2.45) is 0 Å². The van der Waals surface area contributed by atoms with Crippen molar-refractivity contribution in [1.29, 1.82) is 0 Å². The van der Waals surface area contributed by atoms with Crippen LogP contribution in [0.25, 0.3) is 0 Å². The van der Waals surface area contributed by atoms with Crippen molar-refractivity contribution in [3.8, 4) is 5.75 Å². The Morgan fingerprint density at radius 3 is 2.37 bits per heavy atom. The number of amides is 2. The SMILES string of the molecule is CC(=O)N1CCN(c2ccc(NC(=O)COc3ccc(Cl)cc3)nn2)CC1. The normalized spacial score (nSPS) is 14.0. The predicted molar refractivity (Wildman–Crippen MR) is 102 cm³/mol. The molecular weight excluding hydrogens is 370 g/mol. The number of carbonyl (C=O) groups excluding carboxylic acids is 2. The van der Waals surface area contributed by atoms with Crippen LogP contribution in [-0.4, -0.2) is 59.7 Å². The summed E-state index contributed by atoms with van der Waals surface area (Å²) in [4.78, 5) is 27.2. The number of anilines is 2. The second kappa shape index (κ2) is 8.68. The number of aromatic nitrogens is 2. The van der Waals surface area contributed by atoms with E-state index >= 15 is 0 Å². The van der Waals surface area contributed by atoms with Gasteiger partial charge in [0.15, 0.2) is 18.2 Å². The molecule has 1 saturated heterocycles. The van der Waals surface area contributed by atoms with E-state index in [0.29, 0.717) is 48.6 Å². The number of rotatable bonds is 5. The molecule has 142 valence electrons. The Kier molecular flexibility index (Phi) is 6.08. The molecule has 0 radical (unpaired) electrons. The standard InChI is InChI=1S/C18H20ClN5O3/c1-13(25)23-8-10-24(11-9-23)17-7-6-16(21-22-17)20-18(26)12-27-15-4-2-14(19)3-5-15/h2-7H,8-12H2,1H3,(H,20,21,26). The number of carbonyl (C=O) groups is 2. The second-order valence-electron chi connectivity index (χ2n) is 6.06. The molecule has 2 heterocycles. The zero-order valence-corrected chi connectivity index (χ0v) is 15.6. The molecule has 0 aliphatic carbocycles. The zero-order valence-electron chi connectivity index (χ0n) is 14.9. The summed E-state index contributed by atoms with van der Waals surface area (Å²) in [6, 6.07) is 10.3. The van der Waals surface area contributed by atoms with E-state index in [9.17, 15) is 9.59 Å². The van der Waals surface area contributed by atoms with Gasteiger partial charge in [-0.3, -0.25) is 9.59 Å². The molecular formula is C18H20ClN5O3. The molecule has 1 N–H and O–H groups in total. The second-order valence-corrected chi connectivity index (χ2v) is 6.50. The van der Waals surface area contributed by atoms with Crippen LogP contribution in [0, 0.1) is 0 Å². The molecule has 1 aromatic heterocycles. The number of hydrogen-bond donors (Lipinski definition) is 1. The van der Waals surface area contributed by atoms with Crippen molar-refractivity contribution in [2.45, 2.75) is 6.92 Å². The molecule has 2 aromatic rings. The van der Waals surface area contributed by atoms with Gasteiger partial charge in [-0.1, -0.05) is 11.6 Å². The maximum atomic E-state index is 12.0. The number of ether oxygens (including phenoxy) is 1. The lowest BCUT2D eigenvalue weighted by atomic mass is 10.3. The molecule has 1 fully saturated rings. The van der Waals surface area contributed by atoms with Gasteiger partial charge in [0.05, 0.1) is 0 Å².